The Balaban J connectivity index is 1.83. The summed E-state index contributed by atoms with van der Waals surface area (Å²) in [6.07, 6.45) is 0. The monoisotopic (exact) mass is 392 g/mol. The molecule has 0 atom stereocenters. The number of carbonyl (C=O) groups excluding carboxylic acids is 1. The number of nitrogens with zero attached hydrogens (tertiary/aromatic N) is 1. The molecule has 0 aliphatic rings. The highest BCUT2D eigenvalue weighted by molar-refractivity contribution is 7.94. The first kappa shape index (κ1) is 18.2. The Labute approximate surface area is 154 Å². The van der Waals surface area contributed by atoms with Gasteiger partial charge in [-0.1, -0.05) is 23.4 Å². The van der Waals surface area contributed by atoms with Gasteiger partial charge in [0.05, 0.1) is 17.2 Å². The summed E-state index contributed by atoms with van der Waals surface area (Å²) in [7, 11) is -3.73. The van der Waals surface area contributed by atoms with Crippen molar-refractivity contribution >= 4 is 33.0 Å². The van der Waals surface area contributed by atoms with E-state index in [0.29, 0.717) is 16.3 Å². The maximum Gasteiger partial charge on any atom is 0.360 e. The van der Waals surface area contributed by atoms with Gasteiger partial charge < -0.3 is 9.26 Å². The molecule has 0 bridgehead atoms. The van der Waals surface area contributed by atoms with Crippen LogP contribution in [0.5, 0.6) is 0 Å². The van der Waals surface area contributed by atoms with Crippen LogP contribution in [-0.4, -0.2) is 26.2 Å². The molecule has 9 heteroatoms. The van der Waals surface area contributed by atoms with Gasteiger partial charge in [0, 0.05) is 6.07 Å². The number of anilines is 1. The van der Waals surface area contributed by atoms with Crippen LogP contribution in [0.3, 0.4) is 0 Å². The average molecular weight is 392 g/mol. The third kappa shape index (κ3) is 3.78. The number of hydrogen-bond donors (Lipinski definition) is 1. The topological polar surface area (TPSA) is 98.5 Å². The lowest BCUT2D eigenvalue weighted by Gasteiger charge is -2.08. The number of ether oxygens (including phenoxy) is 1. The highest BCUT2D eigenvalue weighted by Crippen LogP contribution is 2.32. The van der Waals surface area contributed by atoms with E-state index < -0.39 is 16.0 Å². The normalized spacial score (nSPS) is 11.3. The standard InChI is InChI=1S/C17H16N2O5S2/c1-3-23-17(20)13-10-14(24-18-13)15-8-9-16(25-15)26(21,22)19-12-7-5-4-6-11(12)2/h4-10,19H,3H2,1-2H3. The van der Waals surface area contributed by atoms with E-state index in [1.54, 1.807) is 25.1 Å². The summed E-state index contributed by atoms with van der Waals surface area (Å²) in [6.45, 7) is 3.74. The molecule has 7 nitrogen and oxygen atoms in total. The van der Waals surface area contributed by atoms with Crippen LogP contribution in [-0.2, 0) is 14.8 Å². The Hall–Kier alpha value is -2.65. The fourth-order valence-corrected chi connectivity index (χ4v) is 4.56. The zero-order valence-electron chi connectivity index (χ0n) is 14.1. The van der Waals surface area contributed by atoms with Crippen LogP contribution in [0.4, 0.5) is 5.69 Å². The zero-order valence-corrected chi connectivity index (χ0v) is 15.7. The molecule has 0 spiro atoms. The van der Waals surface area contributed by atoms with Crippen molar-refractivity contribution in [1.29, 1.82) is 0 Å². The lowest BCUT2D eigenvalue weighted by Crippen LogP contribution is -2.12. The number of aromatic nitrogens is 1. The minimum atomic E-state index is -3.73. The van der Waals surface area contributed by atoms with E-state index in [4.69, 9.17) is 9.26 Å². The van der Waals surface area contributed by atoms with Crippen molar-refractivity contribution in [3.8, 4) is 10.6 Å². The number of hydrogen-bond acceptors (Lipinski definition) is 7. The second kappa shape index (κ2) is 7.30. The highest BCUT2D eigenvalue weighted by Gasteiger charge is 2.21. The smallest absolute Gasteiger partial charge is 0.360 e. The average Bonchev–Trinajstić information content (AvgIpc) is 3.26. The Morgan fingerprint density at radius 1 is 1.27 bits per heavy atom. The van der Waals surface area contributed by atoms with Crippen molar-refractivity contribution < 1.29 is 22.5 Å². The molecule has 0 saturated carbocycles. The van der Waals surface area contributed by atoms with Gasteiger partial charge in [-0.2, -0.15) is 0 Å². The molecule has 2 heterocycles. The van der Waals surface area contributed by atoms with Crippen LogP contribution in [0.1, 0.15) is 23.0 Å². The van der Waals surface area contributed by atoms with Crippen molar-refractivity contribution in [2.75, 3.05) is 11.3 Å². The summed E-state index contributed by atoms with van der Waals surface area (Å²) in [5.74, 6) is -0.288. The Morgan fingerprint density at radius 2 is 2.04 bits per heavy atom. The number of benzene rings is 1. The van der Waals surface area contributed by atoms with Crippen LogP contribution >= 0.6 is 11.3 Å². The largest absolute Gasteiger partial charge is 0.461 e. The summed E-state index contributed by atoms with van der Waals surface area (Å²) in [5.41, 5.74) is 1.38. The van der Waals surface area contributed by atoms with Crippen LogP contribution in [0.2, 0.25) is 0 Å². The molecule has 3 aromatic rings. The quantitative estimate of drug-likeness (QED) is 0.643. The molecule has 1 N–H and O–H groups in total. The third-order valence-corrected chi connectivity index (χ3v) is 6.43. The number of aryl methyl sites for hydroxylation is 1. The molecule has 3 rings (SSSR count). The van der Waals surface area contributed by atoms with E-state index >= 15 is 0 Å². The van der Waals surface area contributed by atoms with Gasteiger partial charge >= 0.3 is 5.97 Å². The molecule has 2 aromatic heterocycles. The number of thiophene rings is 1. The molecule has 0 aliphatic carbocycles. The number of para-hydroxylation sites is 1. The molecular weight excluding hydrogens is 376 g/mol. The van der Waals surface area contributed by atoms with Crippen LogP contribution < -0.4 is 4.72 Å². The van der Waals surface area contributed by atoms with Crippen molar-refractivity contribution in [2.24, 2.45) is 0 Å². The van der Waals surface area contributed by atoms with E-state index in [9.17, 15) is 13.2 Å². The van der Waals surface area contributed by atoms with E-state index in [1.807, 2.05) is 19.1 Å². The maximum absolute atomic E-state index is 12.6. The fraction of sp³-hybridized carbons (Fsp3) is 0.176. The first-order valence-corrected chi connectivity index (χ1v) is 10.0. The van der Waals surface area contributed by atoms with Gasteiger partial charge in [-0.25, -0.2) is 13.2 Å². The molecule has 136 valence electrons. The van der Waals surface area contributed by atoms with Gasteiger partial charge in [0.2, 0.25) is 0 Å². The van der Waals surface area contributed by atoms with Crippen molar-refractivity contribution in [2.45, 2.75) is 18.1 Å². The van der Waals surface area contributed by atoms with Gasteiger partial charge in [-0.15, -0.1) is 11.3 Å². The van der Waals surface area contributed by atoms with Crippen molar-refractivity contribution in [1.82, 2.24) is 5.16 Å². The van der Waals surface area contributed by atoms with Crippen LogP contribution in [0.15, 0.2) is 51.2 Å². The second-order valence-electron chi connectivity index (χ2n) is 5.34. The number of nitrogens with one attached hydrogen (secondary N) is 1. The number of sulfonamides is 1. The molecule has 0 radical (unpaired) electrons. The molecular formula is C17H16N2O5S2. The third-order valence-electron chi connectivity index (χ3n) is 3.47. The van der Waals surface area contributed by atoms with Crippen molar-refractivity contribution in [3.63, 3.8) is 0 Å². The van der Waals surface area contributed by atoms with Gasteiger partial charge in [-0.05, 0) is 37.6 Å². The summed E-state index contributed by atoms with van der Waals surface area (Å²) in [5, 5.41) is 3.65. The number of esters is 1. The first-order valence-electron chi connectivity index (χ1n) is 7.73. The summed E-state index contributed by atoms with van der Waals surface area (Å²) in [4.78, 5) is 12.2. The molecule has 1 aromatic carbocycles. The van der Waals surface area contributed by atoms with Gasteiger partial charge in [-0.3, -0.25) is 4.72 Å². The number of rotatable bonds is 6. The van der Waals surface area contributed by atoms with Gasteiger partial charge in [0.1, 0.15) is 4.21 Å². The second-order valence-corrected chi connectivity index (χ2v) is 8.33. The summed E-state index contributed by atoms with van der Waals surface area (Å²) >= 11 is 1.02. The Bertz CT molecular complexity index is 1040. The lowest BCUT2D eigenvalue weighted by molar-refractivity contribution is 0.0514. The fourth-order valence-electron chi connectivity index (χ4n) is 2.17. The van der Waals surface area contributed by atoms with Gasteiger partial charge in [0.25, 0.3) is 10.0 Å². The minimum Gasteiger partial charge on any atom is -0.461 e. The van der Waals surface area contributed by atoms with E-state index in [2.05, 4.69) is 9.88 Å². The SMILES string of the molecule is CCOC(=O)c1cc(-c2ccc(S(=O)(=O)Nc3ccccc3C)s2)on1. The Morgan fingerprint density at radius 3 is 2.77 bits per heavy atom. The maximum atomic E-state index is 12.6. The molecule has 0 amide bonds. The lowest BCUT2D eigenvalue weighted by atomic mass is 10.2. The van der Waals surface area contributed by atoms with E-state index in [1.165, 1.54) is 12.1 Å². The first-order chi connectivity index (χ1) is 12.4. The van der Waals surface area contributed by atoms with Crippen LogP contribution in [0.25, 0.3) is 10.6 Å². The summed E-state index contributed by atoms with van der Waals surface area (Å²) in [6, 6.07) is 11.6. The zero-order chi connectivity index (χ0) is 18.7. The molecule has 0 fully saturated rings. The minimum absolute atomic E-state index is 0.0395. The van der Waals surface area contributed by atoms with E-state index in [0.717, 1.165) is 16.9 Å². The predicted octanol–water partition coefficient (Wildman–Crippen LogP) is 3.69. The molecule has 26 heavy (non-hydrogen) atoms. The highest BCUT2D eigenvalue weighted by atomic mass is 32.2. The molecule has 0 aliphatic heterocycles. The van der Waals surface area contributed by atoms with E-state index in [-0.39, 0.29) is 16.5 Å². The molecule has 0 unspecified atom stereocenters. The van der Waals surface area contributed by atoms with Crippen molar-refractivity contribution in [3.05, 3.63) is 53.7 Å². The van der Waals surface area contributed by atoms with Crippen LogP contribution in [0, 0.1) is 6.92 Å². The Kier molecular flexibility index (Phi) is 5.10. The summed E-state index contributed by atoms with van der Waals surface area (Å²) < 4.78 is 37.8. The predicted molar refractivity (Wildman–Crippen MR) is 97.8 cm³/mol. The van der Waals surface area contributed by atoms with Gasteiger partial charge in [0.15, 0.2) is 11.5 Å². The number of carbonyl (C=O) groups is 1. The molecule has 0 saturated heterocycles.